The van der Waals surface area contributed by atoms with E-state index in [2.05, 4.69) is 43.1 Å². The number of hydrogen-bond donors (Lipinski definition) is 1. The van der Waals surface area contributed by atoms with Crippen molar-refractivity contribution < 1.29 is 0 Å². The van der Waals surface area contributed by atoms with E-state index in [0.29, 0.717) is 12.1 Å². The summed E-state index contributed by atoms with van der Waals surface area (Å²) >= 11 is 0. The molecule has 1 aliphatic heterocycles. The minimum absolute atomic E-state index is 0.671. The van der Waals surface area contributed by atoms with Crippen molar-refractivity contribution >= 4 is 0 Å². The molecule has 3 heteroatoms. The van der Waals surface area contributed by atoms with Crippen LogP contribution in [0.5, 0.6) is 0 Å². The van der Waals surface area contributed by atoms with Gasteiger partial charge >= 0.3 is 0 Å². The Labute approximate surface area is 114 Å². The van der Waals surface area contributed by atoms with Gasteiger partial charge in [-0.2, -0.15) is 0 Å². The summed E-state index contributed by atoms with van der Waals surface area (Å²) in [5.41, 5.74) is 0. The molecule has 3 nitrogen and oxygen atoms in total. The van der Waals surface area contributed by atoms with Crippen molar-refractivity contribution in [3.63, 3.8) is 0 Å². The number of hydrogen-bond acceptors (Lipinski definition) is 3. The van der Waals surface area contributed by atoms with Crippen LogP contribution in [-0.2, 0) is 0 Å². The van der Waals surface area contributed by atoms with Gasteiger partial charge in [-0.25, -0.2) is 0 Å². The summed E-state index contributed by atoms with van der Waals surface area (Å²) in [5, 5.41) is 3.78. The first-order valence-electron chi connectivity index (χ1n) is 7.81. The zero-order valence-electron chi connectivity index (χ0n) is 12.9. The van der Waals surface area contributed by atoms with Crippen molar-refractivity contribution in [1.29, 1.82) is 0 Å². The number of nitrogens with one attached hydrogen (secondary N) is 1. The van der Waals surface area contributed by atoms with Crippen LogP contribution in [0, 0.1) is 0 Å². The van der Waals surface area contributed by atoms with E-state index in [1.165, 1.54) is 51.7 Å². The summed E-state index contributed by atoms with van der Waals surface area (Å²) in [7, 11) is 4.54. The topological polar surface area (TPSA) is 18.5 Å². The minimum atomic E-state index is 0.671. The van der Waals surface area contributed by atoms with Crippen LogP contribution in [0.15, 0.2) is 0 Å². The van der Waals surface area contributed by atoms with Crippen molar-refractivity contribution in [2.75, 3.05) is 40.3 Å². The number of likely N-dealkylation sites (N-methyl/N-ethyl adjacent to an activating group) is 2. The second-order valence-corrected chi connectivity index (χ2v) is 5.87. The molecular weight excluding hydrogens is 222 g/mol. The molecule has 1 fully saturated rings. The van der Waals surface area contributed by atoms with Crippen LogP contribution in [0.4, 0.5) is 0 Å². The quantitative estimate of drug-likeness (QED) is 0.671. The van der Waals surface area contributed by atoms with E-state index < -0.39 is 0 Å². The lowest BCUT2D eigenvalue weighted by atomic mass is 9.97. The maximum absolute atomic E-state index is 3.78. The second-order valence-electron chi connectivity index (χ2n) is 5.87. The van der Waals surface area contributed by atoms with E-state index in [-0.39, 0.29) is 0 Å². The third-order valence-electron chi connectivity index (χ3n) is 4.14. The van der Waals surface area contributed by atoms with E-state index in [4.69, 9.17) is 0 Å². The summed E-state index contributed by atoms with van der Waals surface area (Å²) < 4.78 is 0. The average Bonchev–Trinajstić information content (AvgIpc) is 2.37. The minimum Gasteiger partial charge on any atom is -0.312 e. The summed E-state index contributed by atoms with van der Waals surface area (Å²) in [6.45, 7) is 9.33. The number of rotatable bonds is 8. The van der Waals surface area contributed by atoms with Crippen LogP contribution in [-0.4, -0.2) is 62.2 Å². The van der Waals surface area contributed by atoms with E-state index in [0.717, 1.165) is 6.54 Å². The van der Waals surface area contributed by atoms with Crippen molar-refractivity contribution in [1.82, 2.24) is 15.1 Å². The highest BCUT2D eigenvalue weighted by atomic mass is 15.3. The highest BCUT2D eigenvalue weighted by Gasteiger charge is 2.28. The monoisotopic (exact) mass is 255 g/mol. The van der Waals surface area contributed by atoms with Gasteiger partial charge in [0.2, 0.25) is 0 Å². The summed E-state index contributed by atoms with van der Waals surface area (Å²) in [6, 6.07) is 1.36. The largest absolute Gasteiger partial charge is 0.312 e. The Hall–Kier alpha value is -0.120. The summed E-state index contributed by atoms with van der Waals surface area (Å²) in [6.07, 6.45) is 6.62. The molecule has 108 valence electrons. The van der Waals surface area contributed by atoms with Gasteiger partial charge in [-0.1, -0.05) is 33.1 Å². The van der Waals surface area contributed by atoms with Crippen LogP contribution in [0.25, 0.3) is 0 Å². The van der Waals surface area contributed by atoms with Gasteiger partial charge in [-0.05, 0) is 33.5 Å². The zero-order chi connectivity index (χ0) is 13.4. The molecular formula is C15H33N3. The van der Waals surface area contributed by atoms with E-state index in [1.807, 2.05) is 0 Å². The molecule has 0 amide bonds. The lowest BCUT2D eigenvalue weighted by molar-refractivity contribution is 0.0845. The smallest absolute Gasteiger partial charge is 0.0373 e. The van der Waals surface area contributed by atoms with Gasteiger partial charge in [-0.3, -0.25) is 4.90 Å². The van der Waals surface area contributed by atoms with Crippen molar-refractivity contribution in [2.45, 2.75) is 58.0 Å². The molecule has 0 aliphatic carbocycles. The first-order valence-corrected chi connectivity index (χ1v) is 7.81. The molecule has 0 spiro atoms. The third-order valence-corrected chi connectivity index (χ3v) is 4.14. The molecule has 1 N–H and O–H groups in total. The van der Waals surface area contributed by atoms with Crippen LogP contribution in [0.2, 0.25) is 0 Å². The number of nitrogens with zero attached hydrogens (tertiary/aromatic N) is 2. The Bertz CT molecular complexity index is 208. The predicted octanol–water partition coefficient (Wildman–Crippen LogP) is 2.18. The van der Waals surface area contributed by atoms with E-state index in [1.54, 1.807) is 0 Å². The number of unbranched alkanes of at least 4 members (excludes halogenated alkanes) is 2. The van der Waals surface area contributed by atoms with Crippen molar-refractivity contribution in [3.05, 3.63) is 0 Å². The third kappa shape index (κ3) is 5.25. The fourth-order valence-electron chi connectivity index (χ4n) is 2.85. The maximum Gasteiger partial charge on any atom is 0.0373 e. The summed E-state index contributed by atoms with van der Waals surface area (Å²) in [4.78, 5) is 5.03. The Morgan fingerprint density at radius 1 is 1.11 bits per heavy atom. The molecule has 1 aliphatic rings. The Balaban J connectivity index is 2.49. The Kier molecular flexibility index (Phi) is 7.87. The molecule has 0 aromatic carbocycles. The first-order chi connectivity index (χ1) is 8.69. The van der Waals surface area contributed by atoms with Gasteiger partial charge in [0.15, 0.2) is 0 Å². The van der Waals surface area contributed by atoms with E-state index in [9.17, 15) is 0 Å². The van der Waals surface area contributed by atoms with Gasteiger partial charge in [0.05, 0.1) is 0 Å². The predicted molar refractivity (Wildman–Crippen MR) is 80.1 cm³/mol. The fourth-order valence-corrected chi connectivity index (χ4v) is 2.85. The molecule has 0 aromatic rings. The fraction of sp³-hybridized carbons (Fsp3) is 1.00. The Morgan fingerprint density at radius 2 is 1.89 bits per heavy atom. The standard InChI is InChI=1S/C15H33N3/c1-5-7-8-9-14(16-10-6-2)15-13-17(3)11-12-18(15)4/h14-16H,5-13H2,1-4H3. The summed E-state index contributed by atoms with van der Waals surface area (Å²) in [5.74, 6) is 0. The van der Waals surface area contributed by atoms with Crippen molar-refractivity contribution in [3.8, 4) is 0 Å². The van der Waals surface area contributed by atoms with Gasteiger partial charge in [0.25, 0.3) is 0 Å². The highest BCUT2D eigenvalue weighted by molar-refractivity contribution is 4.88. The average molecular weight is 255 g/mol. The van der Waals surface area contributed by atoms with Crippen LogP contribution in [0.1, 0.15) is 46.0 Å². The van der Waals surface area contributed by atoms with Crippen molar-refractivity contribution in [2.24, 2.45) is 0 Å². The molecule has 0 bridgehead atoms. The molecule has 18 heavy (non-hydrogen) atoms. The molecule has 1 saturated heterocycles. The maximum atomic E-state index is 3.78. The lowest BCUT2D eigenvalue weighted by Gasteiger charge is -2.42. The second kappa shape index (κ2) is 8.89. The van der Waals surface area contributed by atoms with E-state index >= 15 is 0 Å². The first kappa shape index (κ1) is 15.9. The molecule has 2 atom stereocenters. The van der Waals surface area contributed by atoms with Gasteiger partial charge in [0, 0.05) is 31.7 Å². The SMILES string of the molecule is CCCCCC(NCCC)C1CN(C)CCN1C. The molecule has 2 unspecified atom stereocenters. The molecule has 0 radical (unpaired) electrons. The molecule has 1 heterocycles. The van der Waals surface area contributed by atoms with Crippen LogP contribution >= 0.6 is 0 Å². The zero-order valence-corrected chi connectivity index (χ0v) is 12.9. The Morgan fingerprint density at radius 3 is 2.56 bits per heavy atom. The number of piperazine rings is 1. The van der Waals surface area contributed by atoms with Gasteiger partial charge in [-0.15, -0.1) is 0 Å². The molecule has 0 saturated carbocycles. The molecule has 0 aromatic heterocycles. The van der Waals surface area contributed by atoms with Crippen LogP contribution < -0.4 is 5.32 Å². The van der Waals surface area contributed by atoms with Gasteiger partial charge < -0.3 is 10.2 Å². The highest BCUT2D eigenvalue weighted by Crippen LogP contribution is 2.15. The molecule has 1 rings (SSSR count). The van der Waals surface area contributed by atoms with Crippen LogP contribution in [0.3, 0.4) is 0 Å². The van der Waals surface area contributed by atoms with Gasteiger partial charge in [0.1, 0.15) is 0 Å². The normalized spacial score (nSPS) is 24.3. The lowest BCUT2D eigenvalue weighted by Crippen LogP contribution is -2.58.